The van der Waals surface area contributed by atoms with Gasteiger partial charge in [0.15, 0.2) is 0 Å². The summed E-state index contributed by atoms with van der Waals surface area (Å²) >= 11 is 0. The van der Waals surface area contributed by atoms with Crippen LogP contribution in [-0.4, -0.2) is 14.3 Å². The maximum absolute atomic E-state index is 11.3. The van der Waals surface area contributed by atoms with Crippen molar-refractivity contribution in [2.75, 3.05) is 5.01 Å². The van der Waals surface area contributed by atoms with Crippen molar-refractivity contribution in [3.8, 4) is 0 Å². The highest BCUT2D eigenvalue weighted by Gasteiger charge is 2.26. The number of para-hydroxylation sites is 1. The van der Waals surface area contributed by atoms with E-state index in [0.29, 0.717) is 5.69 Å². The molecule has 0 bridgehead atoms. The van der Waals surface area contributed by atoms with Crippen LogP contribution in [0.5, 0.6) is 0 Å². The van der Waals surface area contributed by atoms with Gasteiger partial charge < -0.3 is 0 Å². The average Bonchev–Trinajstić information content (AvgIpc) is 2.43. The summed E-state index contributed by atoms with van der Waals surface area (Å²) in [4.78, 5) is 11.3. The van der Waals surface area contributed by atoms with Gasteiger partial charge in [0, 0.05) is 0 Å². The van der Waals surface area contributed by atoms with Gasteiger partial charge in [-0.15, -0.1) is 0 Å². The van der Waals surface area contributed by atoms with Crippen LogP contribution in [0.15, 0.2) is 28.7 Å². The van der Waals surface area contributed by atoms with Crippen LogP contribution < -0.4 is 5.01 Å². The minimum atomic E-state index is -2.60. The van der Waals surface area contributed by atoms with Crippen molar-refractivity contribution in [3.05, 3.63) is 29.8 Å². The van der Waals surface area contributed by atoms with Gasteiger partial charge in [-0.3, -0.25) is 4.79 Å². The van der Waals surface area contributed by atoms with Gasteiger partial charge >= 0.3 is 10.5 Å². The lowest BCUT2D eigenvalue weighted by atomic mass is 10.2. The highest BCUT2D eigenvalue weighted by Crippen LogP contribution is 2.28. The predicted octanol–water partition coefficient (Wildman–Crippen LogP) is 0.553. The van der Waals surface area contributed by atoms with Gasteiger partial charge in [0.1, 0.15) is 0 Å². The molecule has 1 amide bonds. The largest absolute Gasteiger partial charge is 0.333 e. The lowest BCUT2D eigenvalue weighted by molar-refractivity contribution is -0.117. The third-order valence-electron chi connectivity index (χ3n) is 1.95. The Morgan fingerprint density at radius 2 is 2.00 bits per heavy atom. The third kappa shape index (κ3) is 1.39. The second-order valence-corrected chi connectivity index (χ2v) is 3.41. The molecule has 0 atom stereocenters. The molecule has 0 aliphatic carbocycles. The summed E-state index contributed by atoms with van der Waals surface area (Å²) in [6, 6.07) is 6.96. The topological polar surface area (TPSA) is 66.8 Å². The van der Waals surface area contributed by atoms with E-state index in [1.807, 2.05) is 0 Å². The fourth-order valence-electron chi connectivity index (χ4n) is 1.40. The van der Waals surface area contributed by atoms with Crippen molar-refractivity contribution in [1.29, 1.82) is 0 Å². The summed E-state index contributed by atoms with van der Waals surface area (Å²) in [6.07, 6.45) is 0.205. The van der Waals surface area contributed by atoms with Crippen LogP contribution in [0.4, 0.5) is 5.69 Å². The number of amides is 1. The molecular weight excluding hydrogens is 204 g/mol. The molecular formula is C8H6N2O3S. The molecule has 0 fully saturated rings. The number of anilines is 1. The van der Waals surface area contributed by atoms with Crippen LogP contribution in [0.2, 0.25) is 0 Å². The second-order valence-electron chi connectivity index (χ2n) is 2.81. The Bertz CT molecular complexity index is 513. The molecule has 1 heterocycles. The maximum atomic E-state index is 11.3. The Balaban J connectivity index is 2.55. The molecule has 14 heavy (non-hydrogen) atoms. The molecule has 0 aromatic heterocycles. The van der Waals surface area contributed by atoms with E-state index in [0.717, 1.165) is 10.6 Å². The van der Waals surface area contributed by atoms with E-state index in [9.17, 15) is 13.2 Å². The predicted molar refractivity (Wildman–Crippen MR) is 49.0 cm³/mol. The first kappa shape index (κ1) is 8.89. The van der Waals surface area contributed by atoms with Crippen molar-refractivity contribution in [2.45, 2.75) is 6.42 Å². The van der Waals surface area contributed by atoms with E-state index in [4.69, 9.17) is 0 Å². The minimum Gasteiger partial charge on any atom is -0.272 e. The minimum absolute atomic E-state index is 0.205. The molecule has 0 spiro atoms. The van der Waals surface area contributed by atoms with Gasteiger partial charge in [-0.25, -0.2) is 0 Å². The summed E-state index contributed by atoms with van der Waals surface area (Å²) in [5.41, 5.74) is 1.34. The number of carbonyl (C=O) groups excluding carboxylic acids is 1. The number of nitrogens with zero attached hydrogens (tertiary/aromatic N) is 2. The van der Waals surface area contributed by atoms with Gasteiger partial charge in [-0.2, -0.15) is 13.4 Å². The Morgan fingerprint density at radius 1 is 1.29 bits per heavy atom. The molecule has 0 saturated carbocycles. The lowest BCUT2D eigenvalue weighted by Gasteiger charge is -2.05. The van der Waals surface area contributed by atoms with Crippen LogP contribution >= 0.6 is 0 Å². The zero-order valence-corrected chi connectivity index (χ0v) is 7.86. The summed E-state index contributed by atoms with van der Waals surface area (Å²) in [5.74, 6) is -0.324. The van der Waals surface area contributed by atoms with Crippen LogP contribution in [-0.2, 0) is 21.7 Å². The Hall–Kier alpha value is -1.69. The number of hydrogen-bond acceptors (Lipinski definition) is 4. The maximum Gasteiger partial charge on any atom is 0.333 e. The van der Waals surface area contributed by atoms with E-state index in [1.54, 1.807) is 24.3 Å². The first-order valence-corrected chi connectivity index (χ1v) is 4.93. The summed E-state index contributed by atoms with van der Waals surface area (Å²) in [6.45, 7) is 0. The molecule has 1 aromatic rings. The van der Waals surface area contributed by atoms with Gasteiger partial charge in [0.2, 0.25) is 0 Å². The smallest absolute Gasteiger partial charge is 0.272 e. The fraction of sp³-hybridized carbons (Fsp3) is 0.125. The molecule has 5 nitrogen and oxygen atoms in total. The van der Waals surface area contributed by atoms with E-state index in [1.165, 1.54) is 0 Å². The second kappa shape index (κ2) is 3.22. The monoisotopic (exact) mass is 210 g/mol. The number of rotatable bonds is 1. The Kier molecular flexibility index (Phi) is 2.05. The van der Waals surface area contributed by atoms with Crippen LogP contribution in [0.3, 0.4) is 0 Å². The first-order chi connectivity index (χ1) is 6.68. The molecule has 0 saturated heterocycles. The van der Waals surface area contributed by atoms with E-state index < -0.39 is 10.5 Å². The van der Waals surface area contributed by atoms with Crippen molar-refractivity contribution in [1.82, 2.24) is 0 Å². The van der Waals surface area contributed by atoms with Gasteiger partial charge in [0.25, 0.3) is 5.91 Å². The highest BCUT2D eigenvalue weighted by molar-refractivity contribution is 7.61. The zero-order valence-electron chi connectivity index (χ0n) is 7.04. The van der Waals surface area contributed by atoms with Crippen molar-refractivity contribution in [2.24, 2.45) is 4.47 Å². The number of fused-ring (bicyclic) bond motifs is 1. The lowest BCUT2D eigenvalue weighted by Crippen LogP contribution is -2.19. The molecule has 6 heteroatoms. The van der Waals surface area contributed by atoms with Gasteiger partial charge in [-0.1, -0.05) is 18.2 Å². The molecule has 1 aliphatic heterocycles. The molecule has 0 unspecified atom stereocenters. The number of carbonyl (C=O) groups is 1. The summed E-state index contributed by atoms with van der Waals surface area (Å²) < 4.78 is 23.9. The standard InChI is InChI=1S/C8H6N2O3S/c11-8-5-6-3-1-2-4-7(6)10(8)9-14(12)13/h1-4H,5H2. The zero-order chi connectivity index (χ0) is 10.1. The van der Waals surface area contributed by atoms with E-state index >= 15 is 0 Å². The molecule has 2 rings (SSSR count). The molecule has 1 aromatic carbocycles. The highest BCUT2D eigenvalue weighted by atomic mass is 32.2. The first-order valence-electron chi connectivity index (χ1n) is 3.90. The van der Waals surface area contributed by atoms with Crippen molar-refractivity contribution in [3.63, 3.8) is 0 Å². The SMILES string of the molecule is O=C1Cc2ccccc2N1N=S(=O)=O. The Labute approximate surface area is 81.6 Å². The number of hydrogen-bond donors (Lipinski definition) is 0. The van der Waals surface area contributed by atoms with Gasteiger partial charge in [0.05, 0.1) is 12.1 Å². The number of benzene rings is 1. The molecule has 0 N–H and O–H groups in total. The molecule has 1 aliphatic rings. The average molecular weight is 210 g/mol. The van der Waals surface area contributed by atoms with Gasteiger partial charge in [-0.05, 0) is 16.1 Å². The quantitative estimate of drug-likeness (QED) is 0.680. The van der Waals surface area contributed by atoms with Crippen LogP contribution in [0.1, 0.15) is 5.56 Å². The van der Waals surface area contributed by atoms with Crippen molar-refractivity contribution >= 4 is 22.1 Å². The normalized spacial score (nSPS) is 14.0. The summed E-state index contributed by atoms with van der Waals surface area (Å²) in [7, 11) is -2.60. The fourth-order valence-corrected chi connectivity index (χ4v) is 1.71. The van der Waals surface area contributed by atoms with Crippen LogP contribution in [0.25, 0.3) is 0 Å². The van der Waals surface area contributed by atoms with E-state index in [2.05, 4.69) is 4.47 Å². The van der Waals surface area contributed by atoms with Crippen LogP contribution in [0, 0.1) is 0 Å². The molecule has 0 radical (unpaired) electrons. The molecule has 72 valence electrons. The van der Waals surface area contributed by atoms with Crippen molar-refractivity contribution < 1.29 is 13.2 Å². The summed E-state index contributed by atoms with van der Waals surface area (Å²) in [5, 5.41) is 0.915. The van der Waals surface area contributed by atoms with E-state index in [-0.39, 0.29) is 12.3 Å². The Morgan fingerprint density at radius 3 is 2.71 bits per heavy atom. The third-order valence-corrected chi connectivity index (χ3v) is 2.24.